The van der Waals surface area contributed by atoms with Crippen LogP contribution in [0.4, 0.5) is 0 Å². The van der Waals surface area contributed by atoms with E-state index in [0.29, 0.717) is 0 Å². The van der Waals surface area contributed by atoms with Crippen LogP contribution in [-0.2, 0) is 4.74 Å². The van der Waals surface area contributed by atoms with Crippen LogP contribution in [0, 0.1) is 0 Å². The minimum atomic E-state index is 0.247. The zero-order valence-electron chi connectivity index (χ0n) is 5.92. The average Bonchev–Trinajstić information content (AvgIpc) is 2.03. The van der Waals surface area contributed by atoms with E-state index < -0.39 is 0 Å². The molecule has 1 unspecified atom stereocenters. The van der Waals surface area contributed by atoms with Crippen LogP contribution in [0.15, 0.2) is 12.3 Å². The Morgan fingerprint density at radius 1 is 1.70 bits per heavy atom. The number of ether oxygens (including phenoxy) is 1. The SMILES string of the molecule is OC=CCC1CNCCO1. The van der Waals surface area contributed by atoms with E-state index in [1.54, 1.807) is 6.08 Å². The van der Waals surface area contributed by atoms with Crippen molar-refractivity contribution >= 4 is 0 Å². The number of hydrogen-bond donors (Lipinski definition) is 2. The maximum atomic E-state index is 8.34. The number of hydrogen-bond acceptors (Lipinski definition) is 3. The summed E-state index contributed by atoms with van der Waals surface area (Å²) in [7, 11) is 0. The lowest BCUT2D eigenvalue weighted by molar-refractivity contribution is 0.0306. The second kappa shape index (κ2) is 4.30. The Hall–Kier alpha value is -0.540. The Morgan fingerprint density at radius 2 is 2.60 bits per heavy atom. The maximum absolute atomic E-state index is 8.34. The third-order valence-electron chi connectivity index (χ3n) is 1.51. The van der Waals surface area contributed by atoms with Gasteiger partial charge < -0.3 is 15.2 Å². The molecule has 10 heavy (non-hydrogen) atoms. The summed E-state index contributed by atoms with van der Waals surface area (Å²) in [6.07, 6.45) is 3.82. The molecule has 1 saturated heterocycles. The topological polar surface area (TPSA) is 41.5 Å². The van der Waals surface area contributed by atoms with Gasteiger partial charge in [-0.25, -0.2) is 0 Å². The zero-order valence-corrected chi connectivity index (χ0v) is 5.92. The van der Waals surface area contributed by atoms with Crippen molar-refractivity contribution in [3.05, 3.63) is 12.3 Å². The van der Waals surface area contributed by atoms with Crippen LogP contribution in [0.3, 0.4) is 0 Å². The molecule has 1 fully saturated rings. The fourth-order valence-electron chi connectivity index (χ4n) is 0.984. The summed E-state index contributed by atoms with van der Waals surface area (Å²) in [5, 5.41) is 11.5. The van der Waals surface area contributed by atoms with E-state index in [4.69, 9.17) is 9.84 Å². The zero-order chi connectivity index (χ0) is 7.23. The molecular formula is C7H13NO2. The molecule has 0 aromatic heterocycles. The van der Waals surface area contributed by atoms with Crippen LogP contribution < -0.4 is 5.32 Å². The van der Waals surface area contributed by atoms with Crippen molar-refractivity contribution in [2.45, 2.75) is 12.5 Å². The van der Waals surface area contributed by atoms with Crippen molar-refractivity contribution in [1.29, 1.82) is 0 Å². The van der Waals surface area contributed by atoms with Gasteiger partial charge in [0.25, 0.3) is 0 Å². The number of aliphatic hydroxyl groups excluding tert-OH is 1. The maximum Gasteiger partial charge on any atom is 0.0752 e. The molecule has 58 valence electrons. The van der Waals surface area contributed by atoms with Crippen molar-refractivity contribution < 1.29 is 9.84 Å². The van der Waals surface area contributed by atoms with E-state index in [0.717, 1.165) is 32.4 Å². The summed E-state index contributed by atoms with van der Waals surface area (Å²) < 4.78 is 5.36. The molecular weight excluding hydrogens is 130 g/mol. The monoisotopic (exact) mass is 143 g/mol. The number of morpholine rings is 1. The molecule has 3 heteroatoms. The normalized spacial score (nSPS) is 27.4. The molecule has 1 aliphatic heterocycles. The molecule has 1 atom stereocenters. The molecule has 0 bridgehead atoms. The summed E-state index contributed by atoms with van der Waals surface area (Å²) in [4.78, 5) is 0. The van der Waals surface area contributed by atoms with Gasteiger partial charge in [-0.2, -0.15) is 0 Å². The van der Waals surface area contributed by atoms with Crippen LogP contribution in [0.2, 0.25) is 0 Å². The second-order valence-corrected chi connectivity index (χ2v) is 2.32. The van der Waals surface area contributed by atoms with E-state index in [1.165, 1.54) is 0 Å². The summed E-state index contributed by atoms with van der Waals surface area (Å²) >= 11 is 0. The molecule has 2 N–H and O–H groups in total. The average molecular weight is 143 g/mol. The van der Waals surface area contributed by atoms with Gasteiger partial charge in [-0.1, -0.05) is 0 Å². The Labute approximate surface area is 60.7 Å². The third kappa shape index (κ3) is 2.37. The van der Waals surface area contributed by atoms with E-state index in [9.17, 15) is 0 Å². The first kappa shape index (κ1) is 7.57. The third-order valence-corrected chi connectivity index (χ3v) is 1.51. The fraction of sp³-hybridized carbons (Fsp3) is 0.714. The molecule has 1 aliphatic rings. The van der Waals surface area contributed by atoms with Crippen molar-refractivity contribution in [3.63, 3.8) is 0 Å². The molecule has 0 aromatic rings. The molecule has 1 rings (SSSR count). The summed E-state index contributed by atoms with van der Waals surface area (Å²) in [6.45, 7) is 2.62. The van der Waals surface area contributed by atoms with Gasteiger partial charge in [-0.15, -0.1) is 0 Å². The number of rotatable bonds is 2. The van der Waals surface area contributed by atoms with Gasteiger partial charge in [0, 0.05) is 13.1 Å². The quantitative estimate of drug-likeness (QED) is 0.551. The Bertz CT molecular complexity index is 108. The van der Waals surface area contributed by atoms with Crippen LogP contribution in [0.1, 0.15) is 6.42 Å². The van der Waals surface area contributed by atoms with Gasteiger partial charge >= 0.3 is 0 Å². The second-order valence-electron chi connectivity index (χ2n) is 2.32. The minimum absolute atomic E-state index is 0.247. The molecule has 0 radical (unpaired) electrons. The molecule has 0 aromatic carbocycles. The van der Waals surface area contributed by atoms with E-state index >= 15 is 0 Å². The highest BCUT2D eigenvalue weighted by Crippen LogP contribution is 2.01. The predicted molar refractivity (Wildman–Crippen MR) is 39.0 cm³/mol. The van der Waals surface area contributed by atoms with E-state index in [2.05, 4.69) is 5.32 Å². The van der Waals surface area contributed by atoms with Crippen LogP contribution in [0.25, 0.3) is 0 Å². The minimum Gasteiger partial charge on any atom is -0.516 e. The number of nitrogens with one attached hydrogen (secondary N) is 1. The van der Waals surface area contributed by atoms with Gasteiger partial charge in [0.2, 0.25) is 0 Å². The van der Waals surface area contributed by atoms with Gasteiger partial charge in [-0.3, -0.25) is 0 Å². The number of aliphatic hydroxyl groups is 1. The van der Waals surface area contributed by atoms with Crippen molar-refractivity contribution in [1.82, 2.24) is 5.32 Å². The Balaban J connectivity index is 2.13. The summed E-state index contributed by atoms with van der Waals surface area (Å²) in [5.41, 5.74) is 0. The fourth-order valence-corrected chi connectivity index (χ4v) is 0.984. The van der Waals surface area contributed by atoms with Crippen LogP contribution in [0.5, 0.6) is 0 Å². The molecule has 0 amide bonds. The molecule has 0 saturated carbocycles. The van der Waals surface area contributed by atoms with Crippen LogP contribution in [-0.4, -0.2) is 30.9 Å². The van der Waals surface area contributed by atoms with Crippen molar-refractivity contribution in [3.8, 4) is 0 Å². The lowest BCUT2D eigenvalue weighted by Crippen LogP contribution is -2.38. The van der Waals surface area contributed by atoms with Gasteiger partial charge in [0.05, 0.1) is 19.0 Å². The summed E-state index contributed by atoms with van der Waals surface area (Å²) in [6, 6.07) is 0. The van der Waals surface area contributed by atoms with Gasteiger partial charge in [-0.05, 0) is 12.5 Å². The highest BCUT2D eigenvalue weighted by atomic mass is 16.5. The molecule has 3 nitrogen and oxygen atoms in total. The van der Waals surface area contributed by atoms with E-state index in [-0.39, 0.29) is 6.10 Å². The van der Waals surface area contributed by atoms with Crippen LogP contribution >= 0.6 is 0 Å². The molecule has 1 heterocycles. The Kier molecular flexibility index (Phi) is 3.26. The first-order valence-electron chi connectivity index (χ1n) is 3.55. The van der Waals surface area contributed by atoms with Crippen molar-refractivity contribution in [2.75, 3.05) is 19.7 Å². The lowest BCUT2D eigenvalue weighted by Gasteiger charge is -2.21. The Morgan fingerprint density at radius 3 is 3.20 bits per heavy atom. The summed E-state index contributed by atoms with van der Waals surface area (Å²) in [5.74, 6) is 0. The standard InChI is InChI=1S/C7H13NO2/c9-4-1-2-7-6-8-3-5-10-7/h1,4,7-9H,2-3,5-6H2. The highest BCUT2D eigenvalue weighted by Gasteiger charge is 2.10. The van der Waals surface area contributed by atoms with Gasteiger partial charge in [0.15, 0.2) is 0 Å². The smallest absolute Gasteiger partial charge is 0.0752 e. The largest absolute Gasteiger partial charge is 0.516 e. The van der Waals surface area contributed by atoms with E-state index in [1.807, 2.05) is 0 Å². The first-order chi connectivity index (χ1) is 4.93. The van der Waals surface area contributed by atoms with Crippen molar-refractivity contribution in [2.24, 2.45) is 0 Å². The first-order valence-corrected chi connectivity index (χ1v) is 3.55. The highest BCUT2D eigenvalue weighted by molar-refractivity contribution is 4.79. The molecule has 0 spiro atoms. The van der Waals surface area contributed by atoms with Gasteiger partial charge in [0.1, 0.15) is 0 Å². The predicted octanol–water partition coefficient (Wildman–Crippen LogP) is 0.437. The molecule has 0 aliphatic carbocycles. The lowest BCUT2D eigenvalue weighted by atomic mass is 10.2.